The Morgan fingerprint density at radius 2 is 1.68 bits per heavy atom. The van der Waals surface area contributed by atoms with Crippen LogP contribution in [0.2, 0.25) is 0 Å². The molecule has 0 saturated carbocycles. The maximum Gasteiger partial charge on any atom is 0.253 e. The molecule has 1 unspecified atom stereocenters. The van der Waals surface area contributed by atoms with E-state index in [4.69, 9.17) is 0 Å². The van der Waals surface area contributed by atoms with Crippen molar-refractivity contribution >= 4 is 11.6 Å². The number of rotatable bonds is 6. The Hall–Kier alpha value is -1.51. The van der Waals surface area contributed by atoms with Crippen LogP contribution in [-0.2, 0) is 0 Å². The van der Waals surface area contributed by atoms with Crippen molar-refractivity contribution in [2.75, 3.05) is 19.4 Å². The normalized spacial score (nSPS) is 12.3. The summed E-state index contributed by atoms with van der Waals surface area (Å²) < 4.78 is 0. The first-order valence-electron chi connectivity index (χ1n) is 6.98. The smallest absolute Gasteiger partial charge is 0.253 e. The predicted molar refractivity (Wildman–Crippen MR) is 81.6 cm³/mol. The van der Waals surface area contributed by atoms with E-state index in [0.717, 1.165) is 23.6 Å². The fraction of sp³-hybridized carbons (Fsp3) is 0.562. The molecule has 1 atom stereocenters. The quantitative estimate of drug-likeness (QED) is 0.849. The Bertz CT molecular complexity index is 396. The Morgan fingerprint density at radius 1 is 1.11 bits per heavy atom. The van der Waals surface area contributed by atoms with E-state index in [2.05, 4.69) is 26.1 Å². The summed E-state index contributed by atoms with van der Waals surface area (Å²) in [4.78, 5) is 13.4. The van der Waals surface area contributed by atoms with Crippen LogP contribution in [0.4, 0.5) is 5.69 Å². The van der Waals surface area contributed by atoms with Crippen LogP contribution in [0.3, 0.4) is 0 Å². The molecule has 0 fully saturated rings. The number of anilines is 1. The van der Waals surface area contributed by atoms with Gasteiger partial charge in [-0.1, -0.05) is 13.8 Å². The van der Waals surface area contributed by atoms with Gasteiger partial charge in [-0.2, -0.15) is 0 Å². The van der Waals surface area contributed by atoms with E-state index >= 15 is 0 Å². The van der Waals surface area contributed by atoms with Gasteiger partial charge < -0.3 is 10.2 Å². The molecule has 0 spiro atoms. The maximum absolute atomic E-state index is 11.8. The summed E-state index contributed by atoms with van der Waals surface area (Å²) in [7, 11) is 3.53. The van der Waals surface area contributed by atoms with Crippen molar-refractivity contribution in [3.05, 3.63) is 29.8 Å². The van der Waals surface area contributed by atoms with Crippen molar-refractivity contribution in [1.29, 1.82) is 0 Å². The molecule has 106 valence electrons. The zero-order valence-corrected chi connectivity index (χ0v) is 12.7. The molecule has 0 bridgehead atoms. The minimum Gasteiger partial charge on any atom is -0.383 e. The van der Waals surface area contributed by atoms with Gasteiger partial charge in [-0.25, -0.2) is 0 Å². The van der Waals surface area contributed by atoms with E-state index in [9.17, 15) is 4.79 Å². The molecule has 0 aliphatic carbocycles. The first kappa shape index (κ1) is 15.5. The van der Waals surface area contributed by atoms with Crippen LogP contribution in [0.25, 0.3) is 0 Å². The van der Waals surface area contributed by atoms with Crippen molar-refractivity contribution in [2.24, 2.45) is 5.92 Å². The average Bonchev–Trinajstić information content (AvgIpc) is 2.36. The van der Waals surface area contributed by atoms with Gasteiger partial charge in [0, 0.05) is 31.4 Å². The third-order valence-corrected chi connectivity index (χ3v) is 3.13. The molecular formula is C16H26N2O. The molecular weight excluding hydrogens is 236 g/mol. The zero-order valence-electron chi connectivity index (χ0n) is 12.7. The summed E-state index contributed by atoms with van der Waals surface area (Å²) in [5, 5.41) is 3.47. The summed E-state index contributed by atoms with van der Waals surface area (Å²) in [6.45, 7) is 6.68. The lowest BCUT2D eigenvalue weighted by Gasteiger charge is -2.17. The third kappa shape index (κ3) is 5.33. The van der Waals surface area contributed by atoms with Gasteiger partial charge in [-0.3, -0.25) is 4.79 Å². The van der Waals surface area contributed by atoms with Crippen molar-refractivity contribution in [2.45, 2.75) is 39.7 Å². The lowest BCUT2D eigenvalue weighted by Crippen LogP contribution is -2.21. The predicted octanol–water partition coefficient (Wildman–Crippen LogP) is 3.63. The third-order valence-electron chi connectivity index (χ3n) is 3.13. The zero-order chi connectivity index (χ0) is 14.4. The molecule has 1 aromatic carbocycles. The SMILES string of the molecule is CC(C)CCC(C)Nc1ccc(C(=O)N(C)C)cc1. The highest BCUT2D eigenvalue weighted by Gasteiger charge is 2.08. The summed E-state index contributed by atoms with van der Waals surface area (Å²) in [5.74, 6) is 0.781. The Morgan fingerprint density at radius 3 is 2.16 bits per heavy atom. The number of nitrogens with zero attached hydrogens (tertiary/aromatic N) is 1. The minimum atomic E-state index is 0.0411. The van der Waals surface area contributed by atoms with Gasteiger partial charge in [0.1, 0.15) is 0 Å². The number of hydrogen-bond acceptors (Lipinski definition) is 2. The molecule has 3 heteroatoms. The Balaban J connectivity index is 2.55. The highest BCUT2D eigenvalue weighted by atomic mass is 16.2. The summed E-state index contributed by atoms with van der Waals surface area (Å²) >= 11 is 0. The molecule has 0 aliphatic heterocycles. The number of benzene rings is 1. The van der Waals surface area contributed by atoms with Gasteiger partial charge in [0.2, 0.25) is 0 Å². The fourth-order valence-electron chi connectivity index (χ4n) is 1.91. The summed E-state index contributed by atoms with van der Waals surface area (Å²) in [6.07, 6.45) is 2.39. The monoisotopic (exact) mass is 262 g/mol. The second kappa shape index (κ2) is 7.17. The van der Waals surface area contributed by atoms with Gasteiger partial charge >= 0.3 is 0 Å². The van der Waals surface area contributed by atoms with Gasteiger partial charge in [-0.15, -0.1) is 0 Å². The van der Waals surface area contributed by atoms with E-state index in [-0.39, 0.29) is 5.91 Å². The number of amides is 1. The van der Waals surface area contributed by atoms with Crippen LogP contribution in [0, 0.1) is 5.92 Å². The number of nitrogens with one attached hydrogen (secondary N) is 1. The number of hydrogen-bond donors (Lipinski definition) is 1. The molecule has 0 aliphatic rings. The van der Waals surface area contributed by atoms with Gasteiger partial charge in [0.05, 0.1) is 0 Å². The second-order valence-corrected chi connectivity index (χ2v) is 5.79. The molecule has 1 aromatic rings. The topological polar surface area (TPSA) is 32.3 Å². The molecule has 0 aromatic heterocycles. The molecule has 1 amide bonds. The lowest BCUT2D eigenvalue weighted by molar-refractivity contribution is 0.0827. The van der Waals surface area contributed by atoms with Gasteiger partial charge in [0.25, 0.3) is 5.91 Å². The van der Waals surface area contributed by atoms with Crippen LogP contribution in [-0.4, -0.2) is 30.9 Å². The molecule has 1 N–H and O–H groups in total. The Labute approximate surface area is 117 Å². The molecule has 0 heterocycles. The van der Waals surface area contributed by atoms with Gasteiger partial charge in [-0.05, 0) is 49.9 Å². The van der Waals surface area contributed by atoms with Crippen molar-refractivity contribution in [1.82, 2.24) is 4.90 Å². The minimum absolute atomic E-state index is 0.0411. The highest BCUT2D eigenvalue weighted by Crippen LogP contribution is 2.15. The van der Waals surface area contributed by atoms with E-state index in [1.165, 1.54) is 6.42 Å². The van der Waals surface area contributed by atoms with Crippen molar-refractivity contribution in [3.63, 3.8) is 0 Å². The number of carbonyl (C=O) groups excluding carboxylic acids is 1. The Kier molecular flexibility index (Phi) is 5.87. The standard InChI is InChI=1S/C16H26N2O/c1-12(2)6-7-13(3)17-15-10-8-14(9-11-15)16(19)18(4)5/h8-13,17H,6-7H2,1-5H3. The second-order valence-electron chi connectivity index (χ2n) is 5.79. The van der Waals surface area contributed by atoms with Crippen molar-refractivity contribution < 1.29 is 4.79 Å². The fourth-order valence-corrected chi connectivity index (χ4v) is 1.91. The maximum atomic E-state index is 11.8. The van der Waals surface area contributed by atoms with Crippen LogP contribution >= 0.6 is 0 Å². The van der Waals surface area contributed by atoms with E-state index < -0.39 is 0 Å². The molecule has 19 heavy (non-hydrogen) atoms. The lowest BCUT2D eigenvalue weighted by atomic mass is 10.0. The van der Waals surface area contributed by atoms with Crippen LogP contribution in [0.15, 0.2) is 24.3 Å². The van der Waals surface area contributed by atoms with E-state index in [1.807, 2.05) is 24.3 Å². The van der Waals surface area contributed by atoms with Crippen molar-refractivity contribution in [3.8, 4) is 0 Å². The molecule has 0 saturated heterocycles. The van der Waals surface area contributed by atoms with Gasteiger partial charge in [0.15, 0.2) is 0 Å². The van der Waals surface area contributed by atoms with Crippen LogP contribution in [0.5, 0.6) is 0 Å². The molecule has 1 rings (SSSR count). The average molecular weight is 262 g/mol. The highest BCUT2D eigenvalue weighted by molar-refractivity contribution is 5.94. The largest absolute Gasteiger partial charge is 0.383 e. The first-order chi connectivity index (χ1) is 8.90. The molecule has 3 nitrogen and oxygen atoms in total. The summed E-state index contributed by atoms with van der Waals surface area (Å²) in [5.41, 5.74) is 1.80. The number of carbonyl (C=O) groups is 1. The summed E-state index contributed by atoms with van der Waals surface area (Å²) in [6, 6.07) is 8.16. The first-order valence-corrected chi connectivity index (χ1v) is 6.98. The molecule has 0 radical (unpaired) electrons. The van der Waals surface area contributed by atoms with Crippen LogP contribution < -0.4 is 5.32 Å². The van der Waals surface area contributed by atoms with E-state index in [0.29, 0.717) is 6.04 Å². The van der Waals surface area contributed by atoms with E-state index in [1.54, 1.807) is 19.0 Å². The van der Waals surface area contributed by atoms with Crippen LogP contribution in [0.1, 0.15) is 44.0 Å².